The maximum Gasteiger partial charge on any atom is 0.296 e. The van der Waals surface area contributed by atoms with Crippen LogP contribution in [0.4, 0.5) is 5.69 Å². The molecule has 3 aromatic rings. The quantitative estimate of drug-likeness (QED) is 0.377. The van der Waals surface area contributed by atoms with Crippen LogP contribution in [-0.2, 0) is 16.1 Å². The number of carbonyl (C=O) groups is 2. The van der Waals surface area contributed by atoms with Gasteiger partial charge in [-0.1, -0.05) is 12.1 Å². The van der Waals surface area contributed by atoms with Crippen molar-refractivity contribution in [2.75, 3.05) is 25.1 Å². The molecule has 1 fully saturated rings. The maximum atomic E-state index is 13.2. The molecule has 1 amide bonds. The zero-order valence-electron chi connectivity index (χ0n) is 18.0. The number of carbonyl (C=O) groups excluding carboxylic acids is 2. The highest BCUT2D eigenvalue weighted by Gasteiger charge is 2.46. The van der Waals surface area contributed by atoms with E-state index in [1.54, 1.807) is 61.1 Å². The van der Waals surface area contributed by atoms with Crippen LogP contribution >= 0.6 is 0 Å². The van der Waals surface area contributed by atoms with Crippen molar-refractivity contribution in [1.82, 2.24) is 14.9 Å². The number of aromatic nitrogens is 2. The highest BCUT2D eigenvalue weighted by Crippen LogP contribution is 2.41. The van der Waals surface area contributed by atoms with Gasteiger partial charge in [0.1, 0.15) is 24.2 Å². The van der Waals surface area contributed by atoms with E-state index in [0.717, 1.165) is 11.3 Å². The molecule has 0 bridgehead atoms. The zero-order chi connectivity index (χ0) is 22.9. The van der Waals surface area contributed by atoms with Gasteiger partial charge in [0.25, 0.3) is 11.7 Å². The minimum Gasteiger partial charge on any atom is -0.507 e. The third-order valence-electron chi connectivity index (χ3n) is 5.91. The minimum absolute atomic E-state index is 0.0157. The summed E-state index contributed by atoms with van der Waals surface area (Å²) in [5.74, 6) is -0.957. The number of anilines is 1. The molecule has 8 nitrogen and oxygen atoms in total. The minimum atomic E-state index is -0.823. The van der Waals surface area contributed by atoms with Gasteiger partial charge in [-0.3, -0.25) is 19.6 Å². The molecule has 5 rings (SSSR count). The van der Waals surface area contributed by atoms with Crippen LogP contribution in [0.5, 0.6) is 5.75 Å². The molecule has 2 aliphatic heterocycles. The van der Waals surface area contributed by atoms with Gasteiger partial charge in [0.05, 0.1) is 23.5 Å². The van der Waals surface area contributed by atoms with Gasteiger partial charge in [-0.25, -0.2) is 0 Å². The fraction of sp³-hybridized carbons (Fsp3) is 0.200. The van der Waals surface area contributed by atoms with E-state index < -0.39 is 17.7 Å². The first-order valence-electron chi connectivity index (χ1n) is 10.6. The Labute approximate surface area is 190 Å². The Bertz CT molecular complexity index is 1240. The van der Waals surface area contributed by atoms with Crippen molar-refractivity contribution in [2.24, 2.45) is 0 Å². The maximum absolute atomic E-state index is 13.2. The molecule has 1 saturated heterocycles. The number of fused-ring (bicyclic) bond motifs is 1. The molecule has 8 heteroatoms. The largest absolute Gasteiger partial charge is 0.507 e. The molecule has 2 aromatic heterocycles. The number of ether oxygens (including phenoxy) is 1. The first-order chi connectivity index (χ1) is 16.0. The third-order valence-corrected chi connectivity index (χ3v) is 5.91. The summed E-state index contributed by atoms with van der Waals surface area (Å²) in [4.78, 5) is 38.2. The van der Waals surface area contributed by atoms with Crippen LogP contribution in [0, 0.1) is 0 Å². The summed E-state index contributed by atoms with van der Waals surface area (Å²) in [7, 11) is 1.94. The molecule has 0 spiro atoms. The number of likely N-dealkylation sites (tertiary alicyclic amines) is 1. The predicted molar refractivity (Wildman–Crippen MR) is 122 cm³/mol. The average Bonchev–Trinajstić information content (AvgIpc) is 3.10. The lowest BCUT2D eigenvalue weighted by Gasteiger charge is -2.28. The van der Waals surface area contributed by atoms with Gasteiger partial charge in [0.2, 0.25) is 0 Å². The lowest BCUT2D eigenvalue weighted by atomic mass is 9.97. The smallest absolute Gasteiger partial charge is 0.296 e. The Balaban J connectivity index is 1.63. The Hall–Kier alpha value is -4.20. The second kappa shape index (κ2) is 8.38. The van der Waals surface area contributed by atoms with Gasteiger partial charge in [-0.2, -0.15) is 0 Å². The number of pyridine rings is 2. The van der Waals surface area contributed by atoms with Crippen molar-refractivity contribution < 1.29 is 19.4 Å². The normalized spacial score (nSPS) is 19.4. The molecule has 1 atom stereocenters. The van der Waals surface area contributed by atoms with Crippen LogP contribution in [0.15, 0.2) is 72.7 Å². The summed E-state index contributed by atoms with van der Waals surface area (Å²) >= 11 is 0. The molecule has 0 aliphatic carbocycles. The van der Waals surface area contributed by atoms with Crippen LogP contribution in [0.1, 0.15) is 22.9 Å². The number of aliphatic hydroxyl groups excluding tert-OH is 1. The second-order valence-electron chi connectivity index (χ2n) is 8.00. The Morgan fingerprint density at radius 1 is 1.15 bits per heavy atom. The number of Topliss-reactive ketones (excluding diaryl/α,β-unsaturated/α-hetero) is 1. The van der Waals surface area contributed by atoms with Crippen molar-refractivity contribution >= 4 is 23.1 Å². The van der Waals surface area contributed by atoms with Gasteiger partial charge in [-0.05, 0) is 42.0 Å². The first-order valence-corrected chi connectivity index (χ1v) is 10.6. The van der Waals surface area contributed by atoms with Crippen molar-refractivity contribution in [3.8, 4) is 5.75 Å². The lowest BCUT2D eigenvalue weighted by Crippen LogP contribution is -2.29. The number of ketones is 1. The molecular weight excluding hydrogens is 420 g/mol. The molecule has 2 aliphatic rings. The van der Waals surface area contributed by atoms with E-state index in [1.807, 2.05) is 18.0 Å². The lowest BCUT2D eigenvalue weighted by molar-refractivity contribution is -0.140. The van der Waals surface area contributed by atoms with Crippen molar-refractivity contribution in [3.63, 3.8) is 0 Å². The monoisotopic (exact) mass is 442 g/mol. The number of amides is 1. The number of benzene rings is 1. The Morgan fingerprint density at radius 2 is 2.03 bits per heavy atom. The summed E-state index contributed by atoms with van der Waals surface area (Å²) in [5, 5.41) is 11.3. The summed E-state index contributed by atoms with van der Waals surface area (Å²) in [6, 6.07) is 13.3. The van der Waals surface area contributed by atoms with Crippen LogP contribution in [0.2, 0.25) is 0 Å². The number of rotatable bonds is 4. The summed E-state index contributed by atoms with van der Waals surface area (Å²) in [6.07, 6.45) is 4.89. The number of nitrogens with zero attached hydrogens (tertiary/aromatic N) is 4. The number of likely N-dealkylation sites (N-methyl/N-ethyl adjacent to an activating group) is 1. The van der Waals surface area contributed by atoms with E-state index in [1.165, 1.54) is 4.90 Å². The fourth-order valence-corrected chi connectivity index (χ4v) is 4.23. The summed E-state index contributed by atoms with van der Waals surface area (Å²) in [6.45, 7) is 1.45. The van der Waals surface area contributed by atoms with E-state index in [4.69, 9.17) is 4.74 Å². The highest BCUT2D eigenvalue weighted by molar-refractivity contribution is 6.46. The number of aliphatic hydroxyl groups is 1. The molecule has 4 heterocycles. The molecule has 1 aromatic carbocycles. The summed E-state index contributed by atoms with van der Waals surface area (Å²) in [5.41, 5.74) is 2.53. The molecule has 1 unspecified atom stereocenters. The van der Waals surface area contributed by atoms with Gasteiger partial charge >= 0.3 is 0 Å². The van der Waals surface area contributed by atoms with E-state index in [0.29, 0.717) is 30.2 Å². The van der Waals surface area contributed by atoms with E-state index in [9.17, 15) is 14.7 Å². The van der Waals surface area contributed by atoms with E-state index in [2.05, 4.69) is 9.97 Å². The molecule has 33 heavy (non-hydrogen) atoms. The number of hydrogen-bond acceptors (Lipinski definition) is 7. The van der Waals surface area contributed by atoms with Crippen LogP contribution in [0.25, 0.3) is 5.76 Å². The van der Waals surface area contributed by atoms with Crippen LogP contribution in [0.3, 0.4) is 0 Å². The first kappa shape index (κ1) is 20.7. The molecule has 0 radical (unpaired) electrons. The van der Waals surface area contributed by atoms with Crippen molar-refractivity contribution in [1.29, 1.82) is 0 Å². The van der Waals surface area contributed by atoms with Crippen molar-refractivity contribution in [3.05, 3.63) is 89.5 Å². The number of hydrogen-bond donors (Lipinski definition) is 1. The molecular formula is C25H22N4O4. The van der Waals surface area contributed by atoms with E-state index >= 15 is 0 Å². The van der Waals surface area contributed by atoms with Gasteiger partial charge in [0, 0.05) is 37.7 Å². The van der Waals surface area contributed by atoms with Crippen LogP contribution in [-0.4, -0.2) is 51.9 Å². The molecule has 0 saturated carbocycles. The average molecular weight is 442 g/mol. The third kappa shape index (κ3) is 3.69. The van der Waals surface area contributed by atoms with Gasteiger partial charge < -0.3 is 19.6 Å². The SMILES string of the molecule is CN1CCOc2ccc(/C(O)=C3/C(=O)C(=O)N(Cc4cccnc4)C3c3ccccn3)cc21. The zero-order valence-corrected chi connectivity index (χ0v) is 18.0. The molecule has 1 N–H and O–H groups in total. The van der Waals surface area contributed by atoms with Crippen LogP contribution < -0.4 is 9.64 Å². The standard InChI is InChI=1S/C25H22N4O4/c1-28-11-12-33-20-8-7-17(13-19(20)28)23(30)21-22(18-6-2-3-10-27-18)29(25(32)24(21)31)15-16-5-4-9-26-14-16/h2-10,13-14,22,30H,11-12,15H2,1H3/b23-21-. The van der Waals surface area contributed by atoms with Gasteiger partial charge in [-0.15, -0.1) is 0 Å². The summed E-state index contributed by atoms with van der Waals surface area (Å²) < 4.78 is 5.68. The molecule has 166 valence electrons. The van der Waals surface area contributed by atoms with Gasteiger partial charge in [0.15, 0.2) is 0 Å². The fourth-order valence-electron chi connectivity index (χ4n) is 4.23. The Morgan fingerprint density at radius 3 is 2.79 bits per heavy atom. The Kier molecular flexibility index (Phi) is 5.26. The predicted octanol–water partition coefficient (Wildman–Crippen LogP) is 2.93. The van der Waals surface area contributed by atoms with E-state index in [-0.39, 0.29) is 17.9 Å². The second-order valence-corrected chi connectivity index (χ2v) is 8.00. The highest BCUT2D eigenvalue weighted by atomic mass is 16.5. The topological polar surface area (TPSA) is 95.9 Å². The van der Waals surface area contributed by atoms with Crippen molar-refractivity contribution in [2.45, 2.75) is 12.6 Å².